The van der Waals surface area contributed by atoms with E-state index in [9.17, 15) is 4.39 Å². The van der Waals surface area contributed by atoms with Gasteiger partial charge in [-0.1, -0.05) is 12.5 Å². The molecule has 1 saturated carbocycles. The second kappa shape index (κ2) is 6.26. The summed E-state index contributed by atoms with van der Waals surface area (Å²) in [6, 6.07) is 5.19. The van der Waals surface area contributed by atoms with Gasteiger partial charge in [0.15, 0.2) is 0 Å². The van der Waals surface area contributed by atoms with Crippen molar-refractivity contribution >= 4 is 0 Å². The molecule has 1 aliphatic carbocycles. The Hall–Kier alpha value is -0.890. The molecule has 1 aliphatic rings. The molecule has 0 aliphatic heterocycles. The van der Waals surface area contributed by atoms with Crippen LogP contribution in [-0.2, 0) is 6.42 Å². The van der Waals surface area contributed by atoms with Crippen LogP contribution in [0.3, 0.4) is 0 Å². The van der Waals surface area contributed by atoms with Gasteiger partial charge in [0.1, 0.15) is 5.82 Å². The van der Waals surface area contributed by atoms with Gasteiger partial charge in [-0.15, -0.1) is 0 Å². The zero-order valence-electron chi connectivity index (χ0n) is 13.3. The van der Waals surface area contributed by atoms with Crippen molar-refractivity contribution in [1.82, 2.24) is 5.32 Å². The van der Waals surface area contributed by atoms with E-state index in [1.165, 1.54) is 30.4 Å². The summed E-state index contributed by atoms with van der Waals surface area (Å²) in [5.74, 6) is 1.33. The molecule has 0 radical (unpaired) electrons. The molecule has 2 atom stereocenters. The average molecular weight is 277 g/mol. The number of rotatable bonds is 4. The van der Waals surface area contributed by atoms with Crippen molar-refractivity contribution < 1.29 is 4.39 Å². The van der Waals surface area contributed by atoms with Gasteiger partial charge in [-0.05, 0) is 88.6 Å². The summed E-state index contributed by atoms with van der Waals surface area (Å²) in [5, 5.41) is 3.63. The van der Waals surface area contributed by atoms with Crippen molar-refractivity contribution in [2.24, 2.45) is 11.8 Å². The highest BCUT2D eigenvalue weighted by Crippen LogP contribution is 2.34. The number of hydrogen-bond acceptors (Lipinski definition) is 1. The number of hydrogen-bond donors (Lipinski definition) is 1. The fraction of sp³-hybridized carbons (Fsp3) is 0.667. The summed E-state index contributed by atoms with van der Waals surface area (Å²) >= 11 is 0. The van der Waals surface area contributed by atoms with Crippen molar-refractivity contribution in [3.05, 3.63) is 35.1 Å². The van der Waals surface area contributed by atoms with Crippen molar-refractivity contribution in [2.75, 3.05) is 6.54 Å². The molecule has 1 N–H and O–H groups in total. The highest BCUT2D eigenvalue weighted by atomic mass is 19.1. The van der Waals surface area contributed by atoms with Crippen LogP contribution >= 0.6 is 0 Å². The van der Waals surface area contributed by atoms with E-state index in [0.29, 0.717) is 5.92 Å². The second-order valence-corrected chi connectivity index (χ2v) is 7.36. The highest BCUT2D eigenvalue weighted by Gasteiger charge is 2.28. The molecule has 0 amide bonds. The second-order valence-electron chi connectivity index (χ2n) is 7.36. The standard InChI is InChI=1S/C18H28FN/c1-13-8-9-17(19)11-16(13)10-14-6-5-7-15(14)12-20-18(2,3)4/h8-9,11,14-15,20H,5-7,10,12H2,1-4H3. The van der Waals surface area contributed by atoms with Gasteiger partial charge in [0.2, 0.25) is 0 Å². The van der Waals surface area contributed by atoms with Crippen LogP contribution in [0.2, 0.25) is 0 Å². The first-order valence-electron chi connectivity index (χ1n) is 7.85. The van der Waals surface area contributed by atoms with Gasteiger partial charge in [-0.25, -0.2) is 4.39 Å². The quantitative estimate of drug-likeness (QED) is 0.855. The van der Waals surface area contributed by atoms with Gasteiger partial charge in [-0.3, -0.25) is 0 Å². The van der Waals surface area contributed by atoms with E-state index in [2.05, 4.69) is 33.0 Å². The summed E-state index contributed by atoms with van der Waals surface area (Å²) in [7, 11) is 0. The molecule has 1 nitrogen and oxygen atoms in total. The lowest BCUT2D eigenvalue weighted by atomic mass is 9.87. The van der Waals surface area contributed by atoms with Gasteiger partial charge < -0.3 is 5.32 Å². The molecule has 1 aromatic carbocycles. The highest BCUT2D eigenvalue weighted by molar-refractivity contribution is 5.27. The molecule has 112 valence electrons. The smallest absolute Gasteiger partial charge is 0.123 e. The van der Waals surface area contributed by atoms with Crippen LogP contribution < -0.4 is 5.32 Å². The van der Waals surface area contributed by atoms with E-state index in [1.807, 2.05) is 6.07 Å². The van der Waals surface area contributed by atoms with E-state index >= 15 is 0 Å². The third-order valence-corrected chi connectivity index (χ3v) is 4.50. The molecule has 2 unspecified atom stereocenters. The first-order chi connectivity index (χ1) is 9.35. The van der Waals surface area contributed by atoms with Crippen LogP contribution in [0.4, 0.5) is 4.39 Å². The molecular weight excluding hydrogens is 249 g/mol. The molecule has 20 heavy (non-hydrogen) atoms. The largest absolute Gasteiger partial charge is 0.312 e. The first kappa shape index (κ1) is 15.5. The van der Waals surface area contributed by atoms with Gasteiger partial charge >= 0.3 is 0 Å². The predicted molar refractivity (Wildman–Crippen MR) is 83.4 cm³/mol. The minimum Gasteiger partial charge on any atom is -0.312 e. The monoisotopic (exact) mass is 277 g/mol. The van der Waals surface area contributed by atoms with E-state index in [1.54, 1.807) is 12.1 Å². The normalized spacial score (nSPS) is 23.2. The Morgan fingerprint density at radius 1 is 1.20 bits per heavy atom. The predicted octanol–water partition coefficient (Wildman–Crippen LogP) is 4.48. The van der Waals surface area contributed by atoms with Crippen LogP contribution in [0.1, 0.15) is 51.2 Å². The summed E-state index contributed by atoms with van der Waals surface area (Å²) < 4.78 is 13.4. The first-order valence-corrected chi connectivity index (χ1v) is 7.85. The fourth-order valence-electron chi connectivity index (χ4n) is 3.23. The molecule has 0 spiro atoms. The number of nitrogens with one attached hydrogen (secondary N) is 1. The summed E-state index contributed by atoms with van der Waals surface area (Å²) in [5.41, 5.74) is 2.60. The van der Waals surface area contributed by atoms with Gasteiger partial charge in [0.25, 0.3) is 0 Å². The molecule has 0 saturated heterocycles. The number of benzene rings is 1. The topological polar surface area (TPSA) is 12.0 Å². The number of aryl methyl sites for hydroxylation is 1. The van der Waals surface area contributed by atoms with Crippen molar-refractivity contribution in [2.45, 2.75) is 58.9 Å². The molecule has 1 aromatic rings. The van der Waals surface area contributed by atoms with E-state index in [-0.39, 0.29) is 11.4 Å². The lowest BCUT2D eigenvalue weighted by Gasteiger charge is -2.27. The molecule has 2 heteroatoms. The Morgan fingerprint density at radius 2 is 1.90 bits per heavy atom. The lowest BCUT2D eigenvalue weighted by Crippen LogP contribution is -2.40. The lowest BCUT2D eigenvalue weighted by molar-refractivity contribution is 0.317. The molecule has 0 aromatic heterocycles. The van der Waals surface area contributed by atoms with E-state index in [4.69, 9.17) is 0 Å². The summed E-state index contributed by atoms with van der Waals surface area (Å²) in [6.45, 7) is 9.82. The van der Waals surface area contributed by atoms with Crippen molar-refractivity contribution in [1.29, 1.82) is 0 Å². The van der Waals surface area contributed by atoms with Crippen LogP contribution in [0.15, 0.2) is 18.2 Å². The summed E-state index contributed by atoms with van der Waals surface area (Å²) in [4.78, 5) is 0. The van der Waals surface area contributed by atoms with Crippen LogP contribution in [-0.4, -0.2) is 12.1 Å². The zero-order chi connectivity index (χ0) is 14.8. The van der Waals surface area contributed by atoms with Crippen molar-refractivity contribution in [3.8, 4) is 0 Å². The molecular formula is C18H28FN. The fourth-order valence-corrected chi connectivity index (χ4v) is 3.23. The van der Waals surface area contributed by atoms with Gasteiger partial charge in [0.05, 0.1) is 0 Å². The Bertz CT molecular complexity index is 447. The minimum atomic E-state index is -0.104. The average Bonchev–Trinajstić information content (AvgIpc) is 2.78. The van der Waals surface area contributed by atoms with Crippen LogP contribution in [0.5, 0.6) is 0 Å². The van der Waals surface area contributed by atoms with Gasteiger partial charge in [-0.2, -0.15) is 0 Å². The SMILES string of the molecule is Cc1ccc(F)cc1CC1CCCC1CNC(C)(C)C. The third kappa shape index (κ3) is 4.31. The van der Waals surface area contributed by atoms with Gasteiger partial charge in [0, 0.05) is 5.54 Å². The number of halogens is 1. The van der Waals surface area contributed by atoms with E-state index in [0.717, 1.165) is 18.9 Å². The van der Waals surface area contributed by atoms with Crippen LogP contribution in [0, 0.1) is 24.6 Å². The molecule has 0 bridgehead atoms. The molecule has 1 fully saturated rings. The Labute approximate surface area is 123 Å². The maximum absolute atomic E-state index is 13.4. The molecule has 2 rings (SSSR count). The Morgan fingerprint density at radius 3 is 2.60 bits per heavy atom. The van der Waals surface area contributed by atoms with Crippen molar-refractivity contribution in [3.63, 3.8) is 0 Å². The third-order valence-electron chi connectivity index (χ3n) is 4.50. The Balaban J connectivity index is 1.99. The maximum atomic E-state index is 13.4. The maximum Gasteiger partial charge on any atom is 0.123 e. The minimum absolute atomic E-state index is 0.104. The summed E-state index contributed by atoms with van der Waals surface area (Å²) in [6.07, 6.45) is 4.93. The van der Waals surface area contributed by atoms with E-state index < -0.39 is 0 Å². The molecule has 0 heterocycles. The zero-order valence-corrected chi connectivity index (χ0v) is 13.3. The van der Waals surface area contributed by atoms with Crippen LogP contribution in [0.25, 0.3) is 0 Å². The Kier molecular flexibility index (Phi) is 4.85.